The lowest BCUT2D eigenvalue weighted by Crippen LogP contribution is -2.12. The maximum atomic E-state index is 13.2. The Kier molecular flexibility index (Phi) is 5.33. The van der Waals surface area contributed by atoms with Gasteiger partial charge in [0, 0.05) is 24.1 Å². The van der Waals surface area contributed by atoms with Gasteiger partial charge in [-0.05, 0) is 45.3 Å². The lowest BCUT2D eigenvalue weighted by atomic mass is 10.1. The summed E-state index contributed by atoms with van der Waals surface area (Å²) < 4.78 is 40.1. The molecule has 0 fully saturated rings. The van der Waals surface area contributed by atoms with Crippen LogP contribution in [0.5, 0.6) is 0 Å². The molecule has 0 saturated carbocycles. The van der Waals surface area contributed by atoms with Crippen molar-refractivity contribution in [2.24, 2.45) is 0 Å². The Bertz CT molecular complexity index is 1120. The number of amides is 1. The summed E-state index contributed by atoms with van der Waals surface area (Å²) >= 11 is 3.31. The maximum absolute atomic E-state index is 13.2. The highest BCUT2D eigenvalue weighted by Crippen LogP contribution is 2.33. The van der Waals surface area contributed by atoms with Gasteiger partial charge in [-0.3, -0.25) is 4.79 Å². The second-order valence-electron chi connectivity index (χ2n) is 6.62. The third-order valence-electron chi connectivity index (χ3n) is 4.50. The van der Waals surface area contributed by atoms with Gasteiger partial charge in [-0.2, -0.15) is 18.2 Å². The first kappa shape index (κ1) is 20.1. The van der Waals surface area contributed by atoms with Crippen LogP contribution in [-0.4, -0.2) is 15.9 Å². The van der Waals surface area contributed by atoms with Crippen LogP contribution in [0.4, 0.5) is 36.3 Å². The van der Waals surface area contributed by atoms with Gasteiger partial charge in [0.25, 0.3) is 0 Å². The molecule has 30 heavy (non-hydrogen) atoms. The van der Waals surface area contributed by atoms with Crippen LogP contribution >= 0.6 is 15.9 Å². The molecular weight excluding hydrogens is 463 g/mol. The summed E-state index contributed by atoms with van der Waals surface area (Å²) in [6, 6.07) is 10.8. The van der Waals surface area contributed by atoms with Crippen LogP contribution in [0.3, 0.4) is 0 Å². The van der Waals surface area contributed by atoms with Gasteiger partial charge in [-0.25, -0.2) is 4.98 Å². The summed E-state index contributed by atoms with van der Waals surface area (Å²) in [5.74, 6) is 0.542. The van der Waals surface area contributed by atoms with Crippen molar-refractivity contribution in [1.82, 2.24) is 9.97 Å². The van der Waals surface area contributed by atoms with E-state index >= 15 is 0 Å². The molecule has 0 atom stereocenters. The Hall–Kier alpha value is -3.14. The van der Waals surface area contributed by atoms with E-state index in [0.717, 1.165) is 17.3 Å². The Labute approximate surface area is 178 Å². The molecule has 2 aromatic carbocycles. The zero-order chi connectivity index (χ0) is 21.3. The minimum absolute atomic E-state index is 0.0599. The van der Waals surface area contributed by atoms with Crippen molar-refractivity contribution in [1.29, 1.82) is 0 Å². The van der Waals surface area contributed by atoms with Crippen molar-refractivity contribution in [2.75, 3.05) is 16.0 Å². The number of halogens is 4. The van der Waals surface area contributed by atoms with E-state index in [1.807, 2.05) is 6.07 Å². The van der Waals surface area contributed by atoms with Crippen molar-refractivity contribution < 1.29 is 18.0 Å². The molecule has 6 nitrogen and oxygen atoms in total. The summed E-state index contributed by atoms with van der Waals surface area (Å²) in [5.41, 5.74) is 1.73. The number of nitrogens with one attached hydrogen (secondary N) is 3. The van der Waals surface area contributed by atoms with E-state index in [4.69, 9.17) is 0 Å². The lowest BCUT2D eigenvalue weighted by molar-refractivity contribution is -0.138. The van der Waals surface area contributed by atoms with Crippen molar-refractivity contribution in [3.05, 3.63) is 69.8 Å². The van der Waals surface area contributed by atoms with Crippen molar-refractivity contribution in [3.63, 3.8) is 0 Å². The van der Waals surface area contributed by atoms with E-state index in [1.165, 1.54) is 18.3 Å². The second-order valence-corrected chi connectivity index (χ2v) is 7.47. The highest BCUT2D eigenvalue weighted by molar-refractivity contribution is 9.10. The minimum Gasteiger partial charge on any atom is -0.365 e. The molecule has 1 aliphatic heterocycles. The largest absolute Gasteiger partial charge is 0.416 e. The van der Waals surface area contributed by atoms with Gasteiger partial charge < -0.3 is 16.0 Å². The number of nitrogens with zero attached hydrogens (tertiary/aromatic N) is 2. The fraction of sp³-hybridized carbons (Fsp3) is 0.150. The third-order valence-corrected chi connectivity index (χ3v) is 5.08. The molecule has 4 rings (SSSR count). The Morgan fingerprint density at radius 2 is 1.97 bits per heavy atom. The minimum atomic E-state index is -4.43. The predicted molar refractivity (Wildman–Crippen MR) is 111 cm³/mol. The first-order chi connectivity index (χ1) is 14.3. The van der Waals surface area contributed by atoms with Gasteiger partial charge >= 0.3 is 6.18 Å². The standard InChI is InChI=1S/C20H15BrF3N5O/c21-15-10-26-19(27-13-6-5-11-7-17(30)28-16(11)8-13)29-18(15)25-9-12-3-1-2-4-14(12)20(22,23)24/h1-6,8,10H,7,9H2,(H,28,30)(H2,25,26,27,29). The van der Waals surface area contributed by atoms with E-state index in [2.05, 4.69) is 41.8 Å². The third kappa shape index (κ3) is 4.38. The number of hydrogen-bond donors (Lipinski definition) is 3. The van der Waals surface area contributed by atoms with E-state index in [0.29, 0.717) is 22.4 Å². The molecule has 0 bridgehead atoms. The zero-order valence-electron chi connectivity index (χ0n) is 15.3. The van der Waals surface area contributed by atoms with Crippen LogP contribution in [0, 0.1) is 0 Å². The first-order valence-corrected chi connectivity index (χ1v) is 9.70. The molecule has 0 radical (unpaired) electrons. The molecule has 0 spiro atoms. The van der Waals surface area contributed by atoms with Gasteiger partial charge in [-0.15, -0.1) is 0 Å². The molecule has 1 amide bonds. The molecule has 0 aliphatic carbocycles. The molecule has 1 aromatic heterocycles. The Morgan fingerprint density at radius 1 is 1.17 bits per heavy atom. The molecule has 3 aromatic rings. The van der Waals surface area contributed by atoms with Gasteiger partial charge in [0.15, 0.2) is 0 Å². The van der Waals surface area contributed by atoms with E-state index in [9.17, 15) is 18.0 Å². The van der Waals surface area contributed by atoms with Crippen LogP contribution < -0.4 is 16.0 Å². The lowest BCUT2D eigenvalue weighted by Gasteiger charge is -2.14. The van der Waals surface area contributed by atoms with Gasteiger partial charge in [-0.1, -0.05) is 24.3 Å². The molecule has 2 heterocycles. The van der Waals surface area contributed by atoms with Gasteiger partial charge in [0.2, 0.25) is 11.9 Å². The van der Waals surface area contributed by atoms with Crippen molar-refractivity contribution >= 4 is 45.0 Å². The predicted octanol–water partition coefficient (Wildman–Crippen LogP) is 5.11. The molecular formula is C20H15BrF3N5O. The normalized spacial score (nSPS) is 13.0. The van der Waals surface area contributed by atoms with E-state index in [1.54, 1.807) is 18.2 Å². The number of anilines is 4. The zero-order valence-corrected chi connectivity index (χ0v) is 16.9. The number of hydrogen-bond acceptors (Lipinski definition) is 5. The van der Waals surface area contributed by atoms with Crippen LogP contribution in [0.2, 0.25) is 0 Å². The molecule has 1 aliphatic rings. The fourth-order valence-corrected chi connectivity index (χ4v) is 3.43. The number of fused-ring (bicyclic) bond motifs is 1. The highest BCUT2D eigenvalue weighted by atomic mass is 79.9. The molecule has 3 N–H and O–H groups in total. The summed E-state index contributed by atoms with van der Waals surface area (Å²) in [7, 11) is 0. The number of rotatable bonds is 5. The summed E-state index contributed by atoms with van der Waals surface area (Å²) in [6.45, 7) is -0.0599. The number of carbonyl (C=O) groups excluding carboxylic acids is 1. The monoisotopic (exact) mass is 477 g/mol. The van der Waals surface area contributed by atoms with Crippen LogP contribution in [0.15, 0.2) is 53.1 Å². The van der Waals surface area contributed by atoms with Gasteiger partial charge in [0.1, 0.15) is 5.82 Å². The number of aromatic nitrogens is 2. The Morgan fingerprint density at radius 3 is 2.77 bits per heavy atom. The average molecular weight is 478 g/mol. The van der Waals surface area contributed by atoms with Crippen LogP contribution in [-0.2, 0) is 23.9 Å². The molecule has 10 heteroatoms. The van der Waals surface area contributed by atoms with Crippen molar-refractivity contribution in [2.45, 2.75) is 19.1 Å². The quantitative estimate of drug-likeness (QED) is 0.475. The van der Waals surface area contributed by atoms with E-state index in [-0.39, 0.29) is 24.0 Å². The molecule has 0 unspecified atom stereocenters. The van der Waals surface area contributed by atoms with Gasteiger partial charge in [0.05, 0.1) is 16.5 Å². The fourth-order valence-electron chi connectivity index (χ4n) is 3.10. The Balaban J connectivity index is 1.51. The smallest absolute Gasteiger partial charge is 0.365 e. The summed E-state index contributed by atoms with van der Waals surface area (Å²) in [5, 5.41) is 8.72. The highest BCUT2D eigenvalue weighted by Gasteiger charge is 2.32. The summed E-state index contributed by atoms with van der Waals surface area (Å²) in [4.78, 5) is 20.0. The molecule has 0 saturated heterocycles. The molecule has 154 valence electrons. The average Bonchev–Trinajstić information content (AvgIpc) is 3.07. The van der Waals surface area contributed by atoms with Crippen molar-refractivity contribution in [3.8, 4) is 0 Å². The van der Waals surface area contributed by atoms with Crippen LogP contribution in [0.25, 0.3) is 0 Å². The van der Waals surface area contributed by atoms with Crippen LogP contribution in [0.1, 0.15) is 16.7 Å². The maximum Gasteiger partial charge on any atom is 0.416 e. The summed E-state index contributed by atoms with van der Waals surface area (Å²) in [6.07, 6.45) is -2.59. The number of carbonyl (C=O) groups is 1. The second kappa shape index (κ2) is 7.94. The first-order valence-electron chi connectivity index (χ1n) is 8.91. The number of benzene rings is 2. The SMILES string of the molecule is O=C1Cc2ccc(Nc3ncc(Br)c(NCc4ccccc4C(F)(F)F)n3)cc2N1. The number of alkyl halides is 3. The topological polar surface area (TPSA) is 78.9 Å². The van der Waals surface area contributed by atoms with E-state index < -0.39 is 11.7 Å².